The number of hydrogen-bond acceptors (Lipinski definition) is 2. The lowest BCUT2D eigenvalue weighted by Crippen LogP contribution is -2.67. The Kier molecular flexibility index (Phi) is 4.31. The van der Waals surface area contributed by atoms with Crippen LogP contribution in [0.2, 0.25) is 0 Å². The Morgan fingerprint density at radius 2 is 1.37 bits per heavy atom. The van der Waals surface area contributed by atoms with Crippen molar-refractivity contribution in [2.45, 2.75) is 62.7 Å². The van der Waals surface area contributed by atoms with Crippen molar-refractivity contribution in [2.75, 3.05) is 13.1 Å². The zero-order chi connectivity index (χ0) is 18.4. The monoisotopic (exact) mass is 358 g/mol. The predicted molar refractivity (Wildman–Crippen MR) is 110 cm³/mol. The first-order valence-electron chi connectivity index (χ1n) is 10.7. The molecule has 4 bridgehead atoms. The largest absolute Gasteiger partial charge is 0.293 e. The normalized spacial score (nSPS) is 41.2. The van der Waals surface area contributed by atoms with E-state index in [0.29, 0.717) is 5.54 Å². The molecular weight excluding hydrogens is 328 g/mol. The first kappa shape index (κ1) is 17.4. The summed E-state index contributed by atoms with van der Waals surface area (Å²) in [6, 6.07) is 10.8. The molecule has 1 aromatic rings. The van der Waals surface area contributed by atoms with Gasteiger partial charge in [-0.2, -0.15) is 0 Å². The third kappa shape index (κ3) is 3.00. The van der Waals surface area contributed by atoms with E-state index in [0.717, 1.165) is 37.4 Å². The number of terminal acetylenes is 2. The predicted octanol–water partition coefficient (Wildman–Crippen LogP) is 3.78. The molecule has 2 nitrogen and oxygen atoms in total. The Bertz CT molecular complexity index is 708. The fraction of sp³-hybridized carbons (Fsp3) is 0.600. The van der Waals surface area contributed by atoms with Gasteiger partial charge >= 0.3 is 0 Å². The van der Waals surface area contributed by atoms with Gasteiger partial charge in [0.2, 0.25) is 0 Å². The second-order valence-electron chi connectivity index (χ2n) is 9.57. The summed E-state index contributed by atoms with van der Waals surface area (Å²) in [6.07, 6.45) is 20.6. The molecule has 0 spiro atoms. The second kappa shape index (κ2) is 6.70. The number of piperazine rings is 1. The summed E-state index contributed by atoms with van der Waals surface area (Å²) >= 11 is 0. The average molecular weight is 359 g/mol. The van der Waals surface area contributed by atoms with Crippen LogP contribution in [0, 0.1) is 42.4 Å². The van der Waals surface area contributed by atoms with E-state index < -0.39 is 0 Å². The molecule has 1 heterocycles. The van der Waals surface area contributed by atoms with Gasteiger partial charge in [-0.3, -0.25) is 9.80 Å². The maximum Gasteiger partial charge on any atom is 0.0854 e. The minimum atomic E-state index is 0.105. The summed E-state index contributed by atoms with van der Waals surface area (Å²) in [5, 5.41) is 0. The quantitative estimate of drug-likeness (QED) is 0.759. The molecule has 0 unspecified atom stereocenters. The van der Waals surface area contributed by atoms with E-state index in [4.69, 9.17) is 12.8 Å². The maximum absolute atomic E-state index is 6.03. The average Bonchev–Trinajstić information content (AvgIpc) is 2.67. The topological polar surface area (TPSA) is 6.48 Å². The van der Waals surface area contributed by atoms with E-state index >= 15 is 0 Å². The van der Waals surface area contributed by atoms with E-state index in [2.05, 4.69) is 52.0 Å². The molecule has 4 saturated carbocycles. The molecule has 2 heteroatoms. The van der Waals surface area contributed by atoms with Crippen LogP contribution in [0.25, 0.3) is 0 Å². The molecule has 2 atom stereocenters. The second-order valence-corrected chi connectivity index (χ2v) is 9.57. The standard InChI is InChI=1S/C25H30N2/c1-3-23-17-26(25-13-20-10-21(14-25)12-22(11-20)15-25)18-24(4-2)27(23)16-19-8-6-5-7-9-19/h1-2,5-9,20-24H,10-18H2/t20?,21?,22?,23-,24-,25?/m1/s1. The Labute approximate surface area is 164 Å². The lowest BCUT2D eigenvalue weighted by Gasteiger charge is -2.62. The fourth-order valence-electron chi connectivity index (χ4n) is 7.07. The van der Waals surface area contributed by atoms with Crippen LogP contribution in [0.4, 0.5) is 0 Å². The van der Waals surface area contributed by atoms with E-state index in [1.807, 2.05) is 0 Å². The summed E-state index contributed by atoms with van der Waals surface area (Å²) in [4.78, 5) is 5.13. The minimum Gasteiger partial charge on any atom is -0.293 e. The smallest absolute Gasteiger partial charge is 0.0854 e. The Hall–Kier alpha value is -1.74. The Morgan fingerprint density at radius 3 is 1.85 bits per heavy atom. The molecule has 5 aliphatic rings. The SMILES string of the molecule is C#C[C@@H]1CN(C23CC4CC(CC(C4)C2)C3)C[C@@H](C#C)N1Cc1ccccc1. The number of nitrogens with zero attached hydrogens (tertiary/aromatic N) is 2. The van der Waals surface area contributed by atoms with Gasteiger partial charge in [-0.15, -0.1) is 12.8 Å². The molecule has 5 fully saturated rings. The van der Waals surface area contributed by atoms with Crippen LogP contribution >= 0.6 is 0 Å². The van der Waals surface area contributed by atoms with Gasteiger partial charge in [0.05, 0.1) is 12.1 Å². The van der Waals surface area contributed by atoms with E-state index in [1.54, 1.807) is 0 Å². The van der Waals surface area contributed by atoms with Crippen LogP contribution in [0.3, 0.4) is 0 Å². The Balaban J connectivity index is 1.39. The van der Waals surface area contributed by atoms with Crippen molar-refractivity contribution in [2.24, 2.45) is 17.8 Å². The number of benzene rings is 1. The molecular formula is C25H30N2. The van der Waals surface area contributed by atoms with Crippen LogP contribution in [-0.4, -0.2) is 40.5 Å². The summed E-state index contributed by atoms with van der Waals surface area (Å²) in [5.41, 5.74) is 1.68. The first-order valence-corrected chi connectivity index (χ1v) is 10.7. The highest BCUT2D eigenvalue weighted by Gasteiger charge is 2.55. The molecule has 1 aromatic carbocycles. The van der Waals surface area contributed by atoms with Gasteiger partial charge in [0.1, 0.15) is 0 Å². The molecule has 0 amide bonds. The molecule has 27 heavy (non-hydrogen) atoms. The zero-order valence-corrected chi connectivity index (χ0v) is 16.2. The van der Waals surface area contributed by atoms with Crippen LogP contribution < -0.4 is 0 Å². The summed E-state index contributed by atoms with van der Waals surface area (Å²) in [7, 11) is 0. The van der Waals surface area contributed by atoms with E-state index in [-0.39, 0.29) is 12.1 Å². The third-order valence-corrected chi connectivity index (χ3v) is 7.86. The molecule has 1 aliphatic heterocycles. The van der Waals surface area contributed by atoms with Crippen molar-refractivity contribution in [3.63, 3.8) is 0 Å². The van der Waals surface area contributed by atoms with Gasteiger partial charge in [-0.05, 0) is 61.8 Å². The van der Waals surface area contributed by atoms with Crippen molar-refractivity contribution >= 4 is 0 Å². The van der Waals surface area contributed by atoms with E-state index in [1.165, 1.54) is 44.1 Å². The van der Waals surface area contributed by atoms with Gasteiger partial charge in [0.25, 0.3) is 0 Å². The lowest BCUT2D eigenvalue weighted by atomic mass is 9.52. The summed E-state index contributed by atoms with van der Waals surface area (Å²) < 4.78 is 0. The molecule has 0 N–H and O–H groups in total. The summed E-state index contributed by atoms with van der Waals surface area (Å²) in [5.74, 6) is 9.03. The molecule has 1 saturated heterocycles. The van der Waals surface area contributed by atoms with Gasteiger partial charge in [-0.25, -0.2) is 0 Å². The van der Waals surface area contributed by atoms with Crippen molar-refractivity contribution < 1.29 is 0 Å². The van der Waals surface area contributed by atoms with Crippen LogP contribution in [-0.2, 0) is 6.54 Å². The van der Waals surface area contributed by atoms with Crippen LogP contribution in [0.1, 0.15) is 44.1 Å². The summed E-state index contributed by atoms with van der Waals surface area (Å²) in [6.45, 7) is 2.81. The minimum absolute atomic E-state index is 0.105. The highest BCUT2D eigenvalue weighted by molar-refractivity contribution is 5.21. The molecule has 140 valence electrons. The Morgan fingerprint density at radius 1 is 0.852 bits per heavy atom. The zero-order valence-electron chi connectivity index (χ0n) is 16.2. The molecule has 0 radical (unpaired) electrons. The van der Waals surface area contributed by atoms with Gasteiger partial charge in [-0.1, -0.05) is 42.2 Å². The van der Waals surface area contributed by atoms with Gasteiger partial charge in [0.15, 0.2) is 0 Å². The highest BCUT2D eigenvalue weighted by atomic mass is 15.3. The first-order chi connectivity index (χ1) is 13.2. The van der Waals surface area contributed by atoms with Crippen molar-refractivity contribution in [1.82, 2.24) is 9.80 Å². The molecule has 4 aliphatic carbocycles. The number of hydrogen-bond donors (Lipinski definition) is 0. The van der Waals surface area contributed by atoms with E-state index in [9.17, 15) is 0 Å². The van der Waals surface area contributed by atoms with Gasteiger partial charge < -0.3 is 0 Å². The lowest BCUT2D eigenvalue weighted by molar-refractivity contribution is -0.112. The fourth-order valence-corrected chi connectivity index (χ4v) is 7.07. The van der Waals surface area contributed by atoms with Crippen LogP contribution in [0.15, 0.2) is 30.3 Å². The highest BCUT2D eigenvalue weighted by Crippen LogP contribution is 2.58. The van der Waals surface area contributed by atoms with Crippen molar-refractivity contribution in [3.8, 4) is 24.7 Å². The van der Waals surface area contributed by atoms with Crippen molar-refractivity contribution in [3.05, 3.63) is 35.9 Å². The number of rotatable bonds is 3. The molecule has 0 aromatic heterocycles. The maximum atomic E-state index is 6.03. The molecule has 6 rings (SSSR count). The van der Waals surface area contributed by atoms with Crippen LogP contribution in [0.5, 0.6) is 0 Å². The third-order valence-electron chi connectivity index (χ3n) is 7.86. The van der Waals surface area contributed by atoms with Gasteiger partial charge in [0, 0.05) is 25.2 Å². The van der Waals surface area contributed by atoms with Crippen molar-refractivity contribution in [1.29, 1.82) is 0 Å².